The van der Waals surface area contributed by atoms with Crippen LogP contribution < -0.4 is 5.32 Å². The summed E-state index contributed by atoms with van der Waals surface area (Å²) in [5.41, 5.74) is 1.80. The summed E-state index contributed by atoms with van der Waals surface area (Å²) in [5.74, 6) is -1.81. The Kier molecular flexibility index (Phi) is 3.89. The van der Waals surface area contributed by atoms with Gasteiger partial charge in [0.05, 0.1) is 13.4 Å². The van der Waals surface area contributed by atoms with E-state index in [9.17, 15) is 9.59 Å². The number of carbonyl (C=O) groups is 2. The summed E-state index contributed by atoms with van der Waals surface area (Å²) in [6, 6.07) is 7.68. The van der Waals surface area contributed by atoms with Crippen LogP contribution in [-0.4, -0.2) is 32.8 Å². The van der Waals surface area contributed by atoms with Crippen LogP contribution in [0.1, 0.15) is 5.56 Å². The van der Waals surface area contributed by atoms with Crippen molar-refractivity contribution in [1.29, 1.82) is 0 Å². The number of carbonyl (C=O) groups excluding carboxylic acids is 2. The number of amides is 1. The molecule has 1 N–H and O–H groups in total. The van der Waals surface area contributed by atoms with Crippen LogP contribution in [0.2, 0.25) is 0 Å². The number of fused-ring (bicyclic) bond motifs is 1. The maximum atomic E-state index is 11.4. The van der Waals surface area contributed by atoms with E-state index < -0.39 is 11.9 Å². The first-order valence-corrected chi connectivity index (χ1v) is 5.95. The van der Waals surface area contributed by atoms with Gasteiger partial charge >= 0.3 is 11.9 Å². The second kappa shape index (κ2) is 5.60. The lowest BCUT2D eigenvalue weighted by molar-refractivity contribution is -0.152. The highest BCUT2D eigenvalue weighted by molar-refractivity contribution is 6.33. The molecule has 0 saturated carbocycles. The van der Waals surface area contributed by atoms with E-state index in [1.807, 2.05) is 32.1 Å². The van der Waals surface area contributed by atoms with Crippen LogP contribution >= 0.6 is 0 Å². The topological polar surface area (TPSA) is 68.5 Å². The highest BCUT2D eigenvalue weighted by atomic mass is 16.5. The lowest BCUT2D eigenvalue weighted by Gasteiger charge is -2.11. The minimum absolute atomic E-state index is 0.187. The Morgan fingerprint density at radius 1 is 1.42 bits per heavy atom. The number of hydrogen-bond donors (Lipinski definition) is 1. The van der Waals surface area contributed by atoms with Crippen molar-refractivity contribution in [2.24, 2.45) is 0 Å². The molecule has 2 rings (SSSR count). The molecule has 0 bridgehead atoms. The van der Waals surface area contributed by atoms with E-state index in [2.05, 4.69) is 10.1 Å². The Morgan fingerprint density at radius 2 is 2.16 bits per heavy atom. The predicted molar refractivity (Wildman–Crippen MR) is 72.4 cm³/mol. The number of rotatable bonds is 3. The fourth-order valence-electron chi connectivity index (χ4n) is 1.95. The zero-order chi connectivity index (χ0) is 13.8. The number of para-hydroxylation sites is 1. The molecule has 0 aliphatic heterocycles. The number of methoxy groups -OCH3 is 1. The number of nitrogens with one attached hydrogen (secondary N) is 1. The van der Waals surface area contributed by atoms with Crippen molar-refractivity contribution in [2.45, 2.75) is 12.4 Å². The van der Waals surface area contributed by atoms with Crippen molar-refractivity contribution < 1.29 is 18.7 Å². The summed E-state index contributed by atoms with van der Waals surface area (Å²) in [4.78, 5) is 22.4. The van der Waals surface area contributed by atoms with Crippen LogP contribution in [-0.2, 0) is 20.7 Å². The highest BCUT2D eigenvalue weighted by Gasteiger charge is 2.17. The van der Waals surface area contributed by atoms with Crippen LogP contribution in [0, 0.1) is 0 Å². The third kappa shape index (κ3) is 2.96. The van der Waals surface area contributed by atoms with Gasteiger partial charge in [-0.1, -0.05) is 18.2 Å². The van der Waals surface area contributed by atoms with Gasteiger partial charge in [-0.25, -0.2) is 4.79 Å². The van der Waals surface area contributed by atoms with Crippen molar-refractivity contribution in [1.82, 2.24) is 5.32 Å². The highest BCUT2D eigenvalue weighted by Crippen LogP contribution is 2.21. The Hall–Kier alpha value is -2.24. The smallest absolute Gasteiger partial charge is 0.396 e. The fourth-order valence-corrected chi connectivity index (χ4v) is 1.95. The van der Waals surface area contributed by atoms with E-state index in [0.717, 1.165) is 16.5 Å². The molecule has 1 amide bonds. The van der Waals surface area contributed by atoms with E-state index in [1.54, 1.807) is 6.26 Å². The summed E-state index contributed by atoms with van der Waals surface area (Å²) in [6.45, 7) is 0. The summed E-state index contributed by atoms with van der Waals surface area (Å²) >= 11 is 0. The molecule has 98 valence electrons. The van der Waals surface area contributed by atoms with E-state index in [-0.39, 0.29) is 5.94 Å². The van der Waals surface area contributed by atoms with Crippen molar-refractivity contribution >= 4 is 30.7 Å². The van der Waals surface area contributed by atoms with E-state index in [0.29, 0.717) is 6.42 Å². The number of benzene rings is 1. The average Bonchev–Trinajstić information content (AvgIpc) is 2.81. The number of furan rings is 1. The Balaban J connectivity index is 2.05. The standard InChI is InChI=1S/C13H14BNO4/c1-18-13(17)12(16)15-11(14)6-8-7-19-10-5-3-2-4-9(8)10/h2-5,7,11H,6,14H2,1H3,(H,15,16). The molecule has 0 aliphatic carbocycles. The molecule has 1 atom stereocenters. The number of ether oxygens (including phenoxy) is 1. The van der Waals surface area contributed by atoms with Gasteiger partial charge in [-0.15, -0.1) is 0 Å². The Morgan fingerprint density at radius 3 is 2.89 bits per heavy atom. The molecular weight excluding hydrogens is 245 g/mol. The third-order valence-corrected chi connectivity index (χ3v) is 2.84. The maximum absolute atomic E-state index is 11.4. The molecule has 2 aromatic rings. The van der Waals surface area contributed by atoms with Gasteiger partial charge in [0.2, 0.25) is 0 Å². The van der Waals surface area contributed by atoms with Crippen molar-refractivity contribution in [3.05, 3.63) is 36.1 Å². The zero-order valence-corrected chi connectivity index (χ0v) is 10.8. The molecule has 5 nitrogen and oxygen atoms in total. The van der Waals surface area contributed by atoms with Crippen LogP contribution in [0.5, 0.6) is 0 Å². The van der Waals surface area contributed by atoms with E-state index in [1.165, 1.54) is 7.11 Å². The van der Waals surface area contributed by atoms with Crippen molar-refractivity contribution in [2.75, 3.05) is 7.11 Å². The molecule has 0 spiro atoms. The minimum atomic E-state index is -0.885. The lowest BCUT2D eigenvalue weighted by atomic mass is 9.89. The number of esters is 1. The predicted octanol–water partition coefficient (Wildman–Crippen LogP) is 0.224. The first-order chi connectivity index (χ1) is 9.11. The molecule has 19 heavy (non-hydrogen) atoms. The van der Waals surface area contributed by atoms with Gasteiger partial charge < -0.3 is 14.5 Å². The van der Waals surface area contributed by atoms with Gasteiger partial charge in [0, 0.05) is 11.3 Å². The summed E-state index contributed by atoms with van der Waals surface area (Å²) in [7, 11) is 3.00. The molecule has 1 heterocycles. The van der Waals surface area contributed by atoms with E-state index in [4.69, 9.17) is 4.42 Å². The fraction of sp³-hybridized carbons (Fsp3) is 0.231. The quantitative estimate of drug-likeness (QED) is 0.486. The van der Waals surface area contributed by atoms with Gasteiger partial charge in [-0.3, -0.25) is 4.79 Å². The third-order valence-electron chi connectivity index (χ3n) is 2.84. The summed E-state index contributed by atoms with van der Waals surface area (Å²) in [6.07, 6.45) is 2.26. The first-order valence-electron chi connectivity index (χ1n) is 5.95. The van der Waals surface area contributed by atoms with Crippen LogP contribution in [0.25, 0.3) is 11.0 Å². The minimum Gasteiger partial charge on any atom is -0.464 e. The van der Waals surface area contributed by atoms with Gasteiger partial charge in [0.1, 0.15) is 13.4 Å². The molecule has 1 unspecified atom stereocenters. The molecular formula is C13H14BNO4. The second-order valence-corrected chi connectivity index (χ2v) is 4.33. The van der Waals surface area contributed by atoms with Gasteiger partial charge in [0.15, 0.2) is 0 Å². The molecule has 1 aromatic carbocycles. The SMILES string of the molecule is BC(Cc1coc2ccccc12)NC(=O)C(=O)OC. The van der Waals surface area contributed by atoms with Gasteiger partial charge in [0.25, 0.3) is 0 Å². The Bertz CT molecular complexity index is 607. The maximum Gasteiger partial charge on any atom is 0.396 e. The average molecular weight is 259 g/mol. The molecule has 6 heteroatoms. The number of hydrogen-bond acceptors (Lipinski definition) is 4. The van der Waals surface area contributed by atoms with Crippen molar-refractivity contribution in [3.63, 3.8) is 0 Å². The lowest BCUT2D eigenvalue weighted by Crippen LogP contribution is -2.41. The molecule has 0 saturated heterocycles. The Labute approximate surface area is 111 Å². The largest absolute Gasteiger partial charge is 0.464 e. The van der Waals surface area contributed by atoms with Crippen LogP contribution in [0.4, 0.5) is 0 Å². The van der Waals surface area contributed by atoms with Crippen LogP contribution in [0.3, 0.4) is 0 Å². The summed E-state index contributed by atoms with van der Waals surface area (Å²) in [5, 5.41) is 3.59. The van der Waals surface area contributed by atoms with Gasteiger partial charge in [-0.2, -0.15) is 0 Å². The monoisotopic (exact) mass is 259 g/mol. The van der Waals surface area contributed by atoms with Crippen LogP contribution in [0.15, 0.2) is 34.9 Å². The molecule has 0 fully saturated rings. The zero-order valence-electron chi connectivity index (χ0n) is 10.8. The van der Waals surface area contributed by atoms with Gasteiger partial charge in [-0.05, 0) is 18.1 Å². The molecule has 0 aliphatic rings. The molecule has 1 aromatic heterocycles. The summed E-state index contributed by atoms with van der Waals surface area (Å²) < 4.78 is 9.77. The normalized spacial score (nSPS) is 12.1. The second-order valence-electron chi connectivity index (χ2n) is 4.33. The van der Waals surface area contributed by atoms with E-state index >= 15 is 0 Å². The molecule has 0 radical (unpaired) electrons. The van der Waals surface area contributed by atoms with Crippen molar-refractivity contribution in [3.8, 4) is 0 Å². The first kappa shape index (κ1) is 13.2.